The van der Waals surface area contributed by atoms with E-state index in [9.17, 15) is 13.2 Å². The summed E-state index contributed by atoms with van der Waals surface area (Å²) >= 11 is 1.65. The zero-order valence-electron chi connectivity index (χ0n) is 11.8. The first-order valence-corrected chi connectivity index (χ1v) is 7.78. The molecule has 0 spiro atoms. The maximum Gasteiger partial charge on any atom is 0.416 e. The van der Waals surface area contributed by atoms with Crippen molar-refractivity contribution in [2.45, 2.75) is 25.4 Å². The van der Waals surface area contributed by atoms with Crippen molar-refractivity contribution in [1.29, 1.82) is 0 Å². The molecule has 0 fully saturated rings. The lowest BCUT2D eigenvalue weighted by molar-refractivity contribution is -0.137. The van der Waals surface area contributed by atoms with Gasteiger partial charge in [0.25, 0.3) is 0 Å². The number of nitrogens with one attached hydrogen (secondary N) is 1. The number of hydrogen-bond acceptors (Lipinski definition) is 3. The van der Waals surface area contributed by atoms with Gasteiger partial charge in [-0.15, -0.1) is 0 Å². The Morgan fingerprint density at radius 3 is 2.52 bits per heavy atom. The molecule has 2 aromatic rings. The number of furan rings is 1. The van der Waals surface area contributed by atoms with E-state index in [1.807, 2.05) is 18.4 Å². The van der Waals surface area contributed by atoms with Crippen LogP contribution >= 0.6 is 11.8 Å². The first-order valence-electron chi connectivity index (χ1n) is 6.38. The Hall–Kier alpha value is -1.56. The van der Waals surface area contributed by atoms with E-state index in [1.165, 1.54) is 6.07 Å². The van der Waals surface area contributed by atoms with E-state index < -0.39 is 11.7 Å². The molecule has 1 N–H and O–H groups in total. The summed E-state index contributed by atoms with van der Waals surface area (Å²) in [5.74, 6) is 2.35. The van der Waals surface area contributed by atoms with Crippen LogP contribution in [0.5, 0.6) is 0 Å². The molecule has 1 aromatic heterocycles. The zero-order valence-corrected chi connectivity index (χ0v) is 12.6. The molecule has 6 heteroatoms. The summed E-state index contributed by atoms with van der Waals surface area (Å²) < 4.78 is 43.7. The summed E-state index contributed by atoms with van der Waals surface area (Å²) in [6.07, 6.45) is -2.35. The molecule has 0 unspecified atom stereocenters. The monoisotopic (exact) mass is 315 g/mol. The van der Waals surface area contributed by atoms with Gasteiger partial charge in [-0.05, 0) is 43.0 Å². The van der Waals surface area contributed by atoms with E-state index in [2.05, 4.69) is 5.32 Å². The molecule has 21 heavy (non-hydrogen) atoms. The smallest absolute Gasteiger partial charge is 0.416 e. The average Bonchev–Trinajstić information content (AvgIpc) is 2.84. The van der Waals surface area contributed by atoms with E-state index in [-0.39, 0.29) is 0 Å². The molecule has 0 aliphatic carbocycles. The fraction of sp³-hybridized carbons (Fsp3) is 0.333. The quantitative estimate of drug-likeness (QED) is 0.833. The molecule has 0 saturated heterocycles. The highest BCUT2D eigenvalue weighted by molar-refractivity contribution is 7.97. The van der Waals surface area contributed by atoms with Crippen molar-refractivity contribution >= 4 is 17.4 Å². The van der Waals surface area contributed by atoms with Crippen LogP contribution in [-0.4, -0.2) is 6.26 Å². The van der Waals surface area contributed by atoms with Crippen LogP contribution in [0.4, 0.5) is 18.9 Å². The molecule has 0 aliphatic heterocycles. The van der Waals surface area contributed by atoms with E-state index >= 15 is 0 Å². The number of halogens is 3. The van der Waals surface area contributed by atoms with Gasteiger partial charge in [0.15, 0.2) is 0 Å². The summed E-state index contributed by atoms with van der Waals surface area (Å²) in [7, 11) is 0. The van der Waals surface area contributed by atoms with Crippen molar-refractivity contribution in [3.63, 3.8) is 0 Å². The topological polar surface area (TPSA) is 25.2 Å². The average molecular weight is 315 g/mol. The number of rotatable bonds is 5. The van der Waals surface area contributed by atoms with Gasteiger partial charge in [-0.2, -0.15) is 24.9 Å². The summed E-state index contributed by atoms with van der Waals surface area (Å²) in [4.78, 5) is 0. The molecule has 2 nitrogen and oxygen atoms in total. The minimum absolute atomic E-state index is 0.358. The van der Waals surface area contributed by atoms with Crippen LogP contribution in [-0.2, 0) is 18.5 Å². The van der Waals surface area contributed by atoms with Crippen molar-refractivity contribution < 1.29 is 17.6 Å². The fourth-order valence-corrected chi connectivity index (χ4v) is 2.35. The van der Waals surface area contributed by atoms with E-state index in [1.54, 1.807) is 18.7 Å². The molecule has 0 atom stereocenters. The molecule has 0 radical (unpaired) electrons. The lowest BCUT2D eigenvalue weighted by atomic mass is 10.1. The molecule has 0 amide bonds. The highest BCUT2D eigenvalue weighted by Gasteiger charge is 2.30. The van der Waals surface area contributed by atoms with E-state index in [0.29, 0.717) is 18.0 Å². The molecule has 1 heterocycles. The fourth-order valence-electron chi connectivity index (χ4n) is 1.91. The van der Waals surface area contributed by atoms with Crippen molar-refractivity contribution in [3.8, 4) is 0 Å². The van der Waals surface area contributed by atoms with E-state index in [4.69, 9.17) is 4.42 Å². The van der Waals surface area contributed by atoms with E-state index in [0.717, 1.165) is 29.2 Å². The van der Waals surface area contributed by atoms with Gasteiger partial charge in [0.1, 0.15) is 11.5 Å². The second kappa shape index (κ2) is 6.47. The third kappa shape index (κ3) is 4.20. The molecule has 2 rings (SSSR count). The van der Waals surface area contributed by atoms with Gasteiger partial charge in [-0.1, -0.05) is 6.07 Å². The second-order valence-electron chi connectivity index (χ2n) is 4.68. The first kappa shape index (κ1) is 15.8. The Bertz CT molecular complexity index is 607. The molecule has 1 aromatic carbocycles. The van der Waals surface area contributed by atoms with Gasteiger partial charge in [-0.25, -0.2) is 0 Å². The number of thioether (sulfide) groups is 1. The first-order chi connectivity index (χ1) is 9.90. The van der Waals surface area contributed by atoms with Gasteiger partial charge in [0, 0.05) is 5.69 Å². The summed E-state index contributed by atoms with van der Waals surface area (Å²) in [6, 6.07) is 7.39. The number of benzene rings is 1. The third-order valence-corrected chi connectivity index (χ3v) is 3.60. The van der Waals surface area contributed by atoms with Crippen molar-refractivity contribution in [2.24, 2.45) is 0 Å². The third-order valence-electron chi connectivity index (χ3n) is 3.02. The normalized spacial score (nSPS) is 11.7. The summed E-state index contributed by atoms with van der Waals surface area (Å²) in [5, 5.41) is 3.00. The van der Waals surface area contributed by atoms with Crippen LogP contribution in [0.1, 0.15) is 22.6 Å². The minimum Gasteiger partial charge on any atom is -0.463 e. The number of alkyl halides is 3. The van der Waals surface area contributed by atoms with Crippen LogP contribution in [0.2, 0.25) is 0 Å². The van der Waals surface area contributed by atoms with Crippen LogP contribution in [0.15, 0.2) is 34.7 Å². The Labute approximate surface area is 125 Å². The second-order valence-corrected chi connectivity index (χ2v) is 5.55. The predicted octanol–water partition coefficient (Wildman–Crippen LogP) is 5.08. The lowest BCUT2D eigenvalue weighted by Gasteiger charge is -2.12. The Morgan fingerprint density at radius 1 is 1.14 bits per heavy atom. The van der Waals surface area contributed by atoms with Crippen LogP contribution in [0.25, 0.3) is 0 Å². The summed E-state index contributed by atoms with van der Waals surface area (Å²) in [6.45, 7) is 2.13. The van der Waals surface area contributed by atoms with Crippen molar-refractivity contribution in [2.75, 3.05) is 11.6 Å². The van der Waals surface area contributed by atoms with Crippen LogP contribution in [0, 0.1) is 6.92 Å². The number of hydrogen-bond donors (Lipinski definition) is 1. The SMILES string of the molecule is CSCc1ccc(CNc2cc(C(F)(F)F)ccc2C)o1. The Balaban J connectivity index is 2.08. The van der Waals surface area contributed by atoms with Gasteiger partial charge >= 0.3 is 6.18 Å². The van der Waals surface area contributed by atoms with Crippen molar-refractivity contribution in [1.82, 2.24) is 0 Å². The maximum atomic E-state index is 12.7. The maximum absolute atomic E-state index is 12.7. The number of anilines is 1. The van der Waals surface area contributed by atoms with Gasteiger partial charge in [0.2, 0.25) is 0 Å². The zero-order chi connectivity index (χ0) is 15.5. The number of aryl methyl sites for hydroxylation is 1. The van der Waals surface area contributed by atoms with Gasteiger partial charge < -0.3 is 9.73 Å². The molecule has 0 saturated carbocycles. The van der Waals surface area contributed by atoms with Gasteiger partial charge in [-0.3, -0.25) is 0 Å². The van der Waals surface area contributed by atoms with Crippen LogP contribution in [0.3, 0.4) is 0 Å². The largest absolute Gasteiger partial charge is 0.463 e. The molecule has 0 bridgehead atoms. The van der Waals surface area contributed by atoms with Gasteiger partial charge in [0.05, 0.1) is 17.9 Å². The Morgan fingerprint density at radius 2 is 1.86 bits per heavy atom. The highest BCUT2D eigenvalue weighted by atomic mass is 32.2. The molecule has 0 aliphatic rings. The molecule has 114 valence electrons. The van der Waals surface area contributed by atoms with Crippen molar-refractivity contribution in [3.05, 3.63) is 53.0 Å². The lowest BCUT2D eigenvalue weighted by Crippen LogP contribution is -2.07. The highest BCUT2D eigenvalue weighted by Crippen LogP contribution is 2.32. The van der Waals surface area contributed by atoms with Crippen LogP contribution < -0.4 is 5.32 Å². The molecular weight excluding hydrogens is 299 g/mol. The Kier molecular flexibility index (Phi) is 4.88. The standard InChI is InChI=1S/C15H16F3NOS/c1-10-3-4-11(15(16,17)18)7-14(10)19-8-12-5-6-13(20-12)9-21-2/h3-7,19H,8-9H2,1-2H3. The molecular formula is C15H16F3NOS. The summed E-state index contributed by atoms with van der Waals surface area (Å²) in [5.41, 5.74) is 0.574. The minimum atomic E-state index is -4.33. The predicted molar refractivity (Wildman–Crippen MR) is 79.4 cm³/mol.